The van der Waals surface area contributed by atoms with Crippen molar-refractivity contribution in [3.8, 4) is 0 Å². The van der Waals surface area contributed by atoms with E-state index in [1.54, 1.807) is 0 Å². The molecule has 2 aromatic carbocycles. The second-order valence-corrected chi connectivity index (χ2v) is 6.45. The Kier molecular flexibility index (Phi) is 5.04. The molecule has 1 saturated heterocycles. The Balaban J connectivity index is 1.86. The number of alkyl halides is 3. The van der Waals surface area contributed by atoms with Gasteiger partial charge in [-0.05, 0) is 47.7 Å². The van der Waals surface area contributed by atoms with Gasteiger partial charge in [0.15, 0.2) is 5.17 Å². The normalized spacial score (nSPS) is 17.4. The Bertz CT molecular complexity index is 967. The number of amides is 1. The number of hydrogen-bond acceptors (Lipinski definition) is 4. The number of aliphatic imine (C=N–C) groups is 1. The first-order valence-electron chi connectivity index (χ1n) is 7.53. The molecule has 2 aromatic rings. The molecule has 1 aliphatic rings. The van der Waals surface area contributed by atoms with Crippen molar-refractivity contribution in [2.75, 3.05) is 0 Å². The van der Waals surface area contributed by atoms with Gasteiger partial charge in [0, 0.05) is 0 Å². The zero-order valence-corrected chi connectivity index (χ0v) is 14.3. The minimum absolute atomic E-state index is 0.0325. The van der Waals surface area contributed by atoms with Crippen molar-refractivity contribution in [2.45, 2.75) is 6.18 Å². The predicted octanol–water partition coefficient (Wildman–Crippen LogP) is 4.30. The first-order valence-corrected chi connectivity index (χ1v) is 8.35. The highest BCUT2D eigenvalue weighted by molar-refractivity contribution is 8.18. The summed E-state index contributed by atoms with van der Waals surface area (Å²) < 4.78 is 39.1. The lowest BCUT2D eigenvalue weighted by Crippen LogP contribution is -2.19. The molecule has 1 fully saturated rings. The summed E-state index contributed by atoms with van der Waals surface area (Å²) in [5, 5.41) is 11.3. The van der Waals surface area contributed by atoms with Gasteiger partial charge in [-0.2, -0.15) is 13.2 Å². The molecule has 0 radical (unpaired) electrons. The molecule has 0 saturated carbocycles. The maximum Gasteiger partial charge on any atom is 0.418 e. The largest absolute Gasteiger partial charge is 0.478 e. The Morgan fingerprint density at radius 3 is 2.41 bits per heavy atom. The molecule has 0 bridgehead atoms. The van der Waals surface area contributed by atoms with Crippen LogP contribution in [0.25, 0.3) is 6.08 Å². The molecule has 0 aromatic heterocycles. The van der Waals surface area contributed by atoms with Crippen LogP contribution in [0.2, 0.25) is 0 Å². The maximum atomic E-state index is 13.0. The van der Waals surface area contributed by atoms with Crippen molar-refractivity contribution in [3.63, 3.8) is 0 Å². The highest BCUT2D eigenvalue weighted by Crippen LogP contribution is 2.37. The fourth-order valence-electron chi connectivity index (χ4n) is 2.27. The molecule has 0 aliphatic carbocycles. The topological polar surface area (TPSA) is 78.8 Å². The molecule has 138 valence electrons. The summed E-state index contributed by atoms with van der Waals surface area (Å²) in [4.78, 5) is 27.0. The van der Waals surface area contributed by atoms with Gasteiger partial charge >= 0.3 is 12.1 Å². The van der Waals surface area contributed by atoms with E-state index in [-0.39, 0.29) is 21.3 Å². The van der Waals surface area contributed by atoms with E-state index in [1.807, 2.05) is 0 Å². The van der Waals surface area contributed by atoms with Gasteiger partial charge in [-0.15, -0.1) is 0 Å². The highest BCUT2D eigenvalue weighted by atomic mass is 32.2. The van der Waals surface area contributed by atoms with Crippen LogP contribution < -0.4 is 5.32 Å². The third-order valence-corrected chi connectivity index (χ3v) is 4.45. The van der Waals surface area contributed by atoms with Crippen LogP contribution in [-0.4, -0.2) is 22.2 Å². The molecule has 1 amide bonds. The smallest absolute Gasteiger partial charge is 0.418 e. The molecule has 5 nitrogen and oxygen atoms in total. The number of amidine groups is 1. The summed E-state index contributed by atoms with van der Waals surface area (Å²) in [7, 11) is 0. The van der Waals surface area contributed by atoms with E-state index in [1.165, 1.54) is 48.5 Å². The van der Waals surface area contributed by atoms with Crippen molar-refractivity contribution < 1.29 is 27.9 Å². The number of rotatable bonds is 3. The molecule has 0 unspecified atom stereocenters. The van der Waals surface area contributed by atoms with Gasteiger partial charge in [0.05, 0.1) is 21.7 Å². The zero-order valence-electron chi connectivity index (χ0n) is 13.4. The van der Waals surface area contributed by atoms with Crippen molar-refractivity contribution in [3.05, 3.63) is 70.1 Å². The Morgan fingerprint density at radius 1 is 1.11 bits per heavy atom. The molecule has 0 spiro atoms. The number of halogens is 3. The van der Waals surface area contributed by atoms with Gasteiger partial charge < -0.3 is 10.4 Å². The molecular formula is C18H11F3N2O3S. The quantitative estimate of drug-likeness (QED) is 0.764. The zero-order chi connectivity index (χ0) is 19.6. The van der Waals surface area contributed by atoms with Crippen LogP contribution in [0.5, 0.6) is 0 Å². The van der Waals surface area contributed by atoms with Crippen LogP contribution >= 0.6 is 11.8 Å². The standard InChI is InChI=1S/C18H11F3N2O3S/c19-18(20,21)12-3-1-2-4-13(12)22-17-23-15(24)14(27-17)9-10-5-7-11(8-6-10)16(25)26/h1-9H,(H,25,26)(H,22,23,24). The van der Waals surface area contributed by atoms with Crippen molar-refractivity contribution in [1.82, 2.24) is 5.32 Å². The van der Waals surface area contributed by atoms with Gasteiger partial charge in [-0.3, -0.25) is 4.79 Å². The van der Waals surface area contributed by atoms with Crippen LogP contribution in [0.15, 0.2) is 58.4 Å². The summed E-state index contributed by atoms with van der Waals surface area (Å²) in [6, 6.07) is 10.7. The lowest BCUT2D eigenvalue weighted by molar-refractivity contribution is -0.137. The monoisotopic (exact) mass is 392 g/mol. The minimum Gasteiger partial charge on any atom is -0.478 e. The summed E-state index contributed by atoms with van der Waals surface area (Å²) in [5.74, 6) is -1.56. The summed E-state index contributed by atoms with van der Waals surface area (Å²) in [6.07, 6.45) is -3.05. The van der Waals surface area contributed by atoms with E-state index in [0.717, 1.165) is 17.8 Å². The van der Waals surface area contributed by atoms with Gasteiger partial charge in [-0.25, -0.2) is 9.79 Å². The fourth-order valence-corrected chi connectivity index (χ4v) is 3.11. The number of carbonyl (C=O) groups excluding carboxylic acids is 1. The number of para-hydroxylation sites is 1. The third kappa shape index (κ3) is 4.37. The fraction of sp³-hybridized carbons (Fsp3) is 0.0556. The predicted molar refractivity (Wildman–Crippen MR) is 95.7 cm³/mol. The Labute approximate surface area is 155 Å². The van der Waals surface area contributed by atoms with Crippen molar-refractivity contribution >= 4 is 40.6 Å². The number of nitrogens with zero attached hydrogens (tertiary/aromatic N) is 1. The number of carboxylic acids is 1. The first kappa shape index (κ1) is 18.7. The SMILES string of the molecule is O=C1NC(=Nc2ccccc2C(F)(F)F)SC1=Cc1ccc(C(=O)O)cc1. The number of nitrogens with one attached hydrogen (secondary N) is 1. The number of hydrogen-bond donors (Lipinski definition) is 2. The van der Waals surface area contributed by atoms with Crippen LogP contribution in [0.3, 0.4) is 0 Å². The third-order valence-electron chi connectivity index (χ3n) is 3.54. The number of thioether (sulfide) groups is 1. The summed E-state index contributed by atoms with van der Waals surface area (Å²) in [6.45, 7) is 0. The van der Waals surface area contributed by atoms with Crippen LogP contribution in [0.1, 0.15) is 21.5 Å². The van der Waals surface area contributed by atoms with Gasteiger partial charge in [0.1, 0.15) is 0 Å². The van der Waals surface area contributed by atoms with Gasteiger partial charge in [0.25, 0.3) is 5.91 Å². The van der Waals surface area contributed by atoms with Crippen molar-refractivity contribution in [1.29, 1.82) is 0 Å². The van der Waals surface area contributed by atoms with E-state index in [0.29, 0.717) is 5.56 Å². The highest BCUT2D eigenvalue weighted by Gasteiger charge is 2.34. The molecule has 27 heavy (non-hydrogen) atoms. The molecule has 3 rings (SSSR count). The van der Waals surface area contributed by atoms with E-state index in [4.69, 9.17) is 5.11 Å². The number of carbonyl (C=O) groups is 2. The lowest BCUT2D eigenvalue weighted by atomic mass is 10.1. The van der Waals surface area contributed by atoms with E-state index < -0.39 is 23.6 Å². The molecule has 9 heteroatoms. The van der Waals surface area contributed by atoms with Crippen LogP contribution in [0.4, 0.5) is 18.9 Å². The van der Waals surface area contributed by atoms with E-state index in [2.05, 4.69) is 10.3 Å². The second kappa shape index (κ2) is 7.28. The van der Waals surface area contributed by atoms with Crippen LogP contribution in [0, 0.1) is 0 Å². The average molecular weight is 392 g/mol. The molecule has 1 heterocycles. The van der Waals surface area contributed by atoms with E-state index >= 15 is 0 Å². The number of aromatic carboxylic acids is 1. The van der Waals surface area contributed by atoms with Crippen molar-refractivity contribution in [2.24, 2.45) is 4.99 Å². The first-order chi connectivity index (χ1) is 12.7. The minimum atomic E-state index is -4.56. The van der Waals surface area contributed by atoms with Crippen LogP contribution in [-0.2, 0) is 11.0 Å². The van der Waals surface area contributed by atoms with Gasteiger partial charge in [-0.1, -0.05) is 24.3 Å². The van der Waals surface area contributed by atoms with Gasteiger partial charge in [0.2, 0.25) is 0 Å². The molecule has 2 N–H and O–H groups in total. The molecule has 0 atom stereocenters. The Hall–Kier alpha value is -3.07. The Morgan fingerprint density at radius 2 is 1.78 bits per heavy atom. The number of benzene rings is 2. The lowest BCUT2D eigenvalue weighted by Gasteiger charge is -2.09. The number of carboxylic acid groups (broad SMARTS) is 1. The molecular weight excluding hydrogens is 381 g/mol. The van der Waals surface area contributed by atoms with E-state index in [9.17, 15) is 22.8 Å². The average Bonchev–Trinajstić information content (AvgIpc) is 2.94. The maximum absolute atomic E-state index is 13.0. The second-order valence-electron chi connectivity index (χ2n) is 5.42. The molecule has 1 aliphatic heterocycles. The summed E-state index contributed by atoms with van der Waals surface area (Å²) in [5.41, 5.74) is -0.504. The summed E-state index contributed by atoms with van der Waals surface area (Å²) >= 11 is 0.905.